The Bertz CT molecular complexity index is 603. The quantitative estimate of drug-likeness (QED) is 0.392. The lowest BCUT2D eigenvalue weighted by molar-refractivity contribution is -0.121. The topological polar surface area (TPSA) is 50.1 Å². The maximum absolute atomic E-state index is 10.2. The van der Waals surface area contributed by atoms with Gasteiger partial charge in [0.15, 0.2) is 0 Å². The predicted molar refractivity (Wildman–Crippen MR) is 75.8 cm³/mol. The average molecular weight is 251 g/mol. The molecule has 2 aromatic carbocycles. The highest BCUT2D eigenvalue weighted by molar-refractivity contribution is 5.95. The van der Waals surface area contributed by atoms with Gasteiger partial charge in [0, 0.05) is 5.56 Å². The minimum absolute atomic E-state index is 0.148. The van der Waals surface area contributed by atoms with Crippen LogP contribution < -0.4 is 0 Å². The summed E-state index contributed by atoms with van der Waals surface area (Å²) in [5, 5.41) is 7.55. The van der Waals surface area contributed by atoms with Crippen LogP contribution in [0.25, 0.3) is 12.2 Å². The van der Waals surface area contributed by atoms with E-state index in [1.54, 1.807) is 12.1 Å². The molecule has 94 valence electrons. The molecule has 2 aromatic rings. The second-order valence-electron chi connectivity index (χ2n) is 3.91. The van der Waals surface area contributed by atoms with Gasteiger partial charge >= 0.3 is 0 Å². The lowest BCUT2D eigenvalue weighted by atomic mass is 10.1. The molecule has 0 fully saturated rings. The zero-order chi connectivity index (χ0) is 13.5. The fourth-order valence-electron chi connectivity index (χ4n) is 1.66. The second kappa shape index (κ2) is 6.31. The molecular weight excluding hydrogens is 238 g/mol. The Morgan fingerprint density at radius 2 is 1.63 bits per heavy atom. The number of benzene rings is 2. The zero-order valence-electron chi connectivity index (χ0n) is 10.2. The van der Waals surface area contributed by atoms with Crippen molar-refractivity contribution in [1.82, 2.24) is 0 Å². The minimum Gasteiger partial charge on any atom is -0.410 e. The number of nitrogens with one attached hydrogen (secondary N) is 1. The molecule has 3 heteroatoms. The largest absolute Gasteiger partial charge is 0.410 e. The summed E-state index contributed by atoms with van der Waals surface area (Å²) in [6.07, 6.45) is 3.94. The van der Waals surface area contributed by atoms with Crippen molar-refractivity contribution in [2.24, 2.45) is 0 Å². The van der Waals surface area contributed by atoms with E-state index in [1.165, 1.54) is 0 Å². The van der Waals surface area contributed by atoms with Crippen molar-refractivity contribution in [3.05, 3.63) is 71.3 Å². The van der Waals surface area contributed by atoms with Crippen molar-refractivity contribution in [3.8, 4) is 0 Å². The van der Waals surface area contributed by atoms with Crippen LogP contribution in [-0.4, -0.2) is 12.4 Å². The van der Waals surface area contributed by atoms with Gasteiger partial charge in [0.2, 0.25) is 5.90 Å². The van der Waals surface area contributed by atoms with Crippen LogP contribution in [0, 0.1) is 5.41 Å². The van der Waals surface area contributed by atoms with E-state index in [2.05, 4.69) is 4.74 Å². The monoisotopic (exact) mass is 251 g/mol. The fourth-order valence-corrected chi connectivity index (χ4v) is 1.66. The molecule has 0 saturated carbocycles. The van der Waals surface area contributed by atoms with Crippen LogP contribution in [0.5, 0.6) is 0 Å². The molecule has 0 bridgehead atoms. The molecule has 1 N–H and O–H groups in total. The Kier molecular flexibility index (Phi) is 4.24. The lowest BCUT2D eigenvalue weighted by Crippen LogP contribution is -2.03. The summed E-state index contributed by atoms with van der Waals surface area (Å²) in [6.45, 7) is 0.259. The van der Waals surface area contributed by atoms with Crippen molar-refractivity contribution in [2.45, 2.75) is 0 Å². The molecule has 0 heterocycles. The summed E-state index contributed by atoms with van der Waals surface area (Å²) in [7, 11) is 0. The first-order valence-corrected chi connectivity index (χ1v) is 5.82. The summed E-state index contributed by atoms with van der Waals surface area (Å²) in [4.78, 5) is 10.2. The van der Waals surface area contributed by atoms with Gasteiger partial charge in [0.05, 0.1) is 0 Å². The van der Waals surface area contributed by atoms with E-state index in [1.807, 2.05) is 54.6 Å². The van der Waals surface area contributed by atoms with Crippen LogP contribution in [0.15, 0.2) is 54.6 Å². The zero-order valence-corrected chi connectivity index (χ0v) is 10.2. The number of carbonyl (C=O) groups is 1. The molecule has 0 radical (unpaired) electrons. The van der Waals surface area contributed by atoms with Crippen molar-refractivity contribution in [3.63, 3.8) is 0 Å². The maximum atomic E-state index is 10.2. The van der Waals surface area contributed by atoms with E-state index in [9.17, 15) is 4.79 Å². The highest BCUT2D eigenvalue weighted by atomic mass is 16.5. The van der Waals surface area contributed by atoms with Crippen LogP contribution >= 0.6 is 0 Å². The average Bonchev–Trinajstić information content (AvgIpc) is 2.47. The molecule has 0 amide bonds. The normalized spacial score (nSPS) is 10.3. The molecule has 0 saturated heterocycles. The molecule has 0 aliphatic carbocycles. The first kappa shape index (κ1) is 12.8. The molecule has 0 spiro atoms. The van der Waals surface area contributed by atoms with E-state index in [0.29, 0.717) is 5.56 Å². The second-order valence-corrected chi connectivity index (χ2v) is 3.91. The summed E-state index contributed by atoms with van der Waals surface area (Å²) in [5.41, 5.74) is 2.62. The van der Waals surface area contributed by atoms with Crippen molar-refractivity contribution >= 4 is 24.5 Å². The molecular formula is C16H13NO2. The van der Waals surface area contributed by atoms with Gasteiger partial charge in [-0.25, -0.2) is 0 Å². The summed E-state index contributed by atoms with van der Waals surface area (Å²) < 4.78 is 4.52. The first-order chi connectivity index (χ1) is 9.29. The molecule has 2 rings (SSSR count). The Morgan fingerprint density at radius 1 is 0.947 bits per heavy atom. The number of ether oxygens (including phenoxy) is 1. The fraction of sp³-hybridized carbons (Fsp3) is 0. The van der Waals surface area contributed by atoms with Gasteiger partial charge in [-0.1, -0.05) is 54.6 Å². The van der Waals surface area contributed by atoms with Gasteiger partial charge in [-0.15, -0.1) is 0 Å². The summed E-state index contributed by atoms with van der Waals surface area (Å²) in [5.74, 6) is -0.148. The minimum atomic E-state index is -0.148. The van der Waals surface area contributed by atoms with Crippen molar-refractivity contribution in [2.75, 3.05) is 0 Å². The Balaban J connectivity index is 2.17. The lowest BCUT2D eigenvalue weighted by Gasteiger charge is -2.01. The van der Waals surface area contributed by atoms with E-state index >= 15 is 0 Å². The third kappa shape index (κ3) is 3.64. The summed E-state index contributed by atoms with van der Waals surface area (Å²) in [6, 6.07) is 17.2. The van der Waals surface area contributed by atoms with E-state index < -0.39 is 0 Å². The van der Waals surface area contributed by atoms with Gasteiger partial charge in [0.1, 0.15) is 0 Å². The molecule has 0 aliphatic heterocycles. The Labute approximate surface area is 111 Å². The van der Waals surface area contributed by atoms with E-state index in [0.717, 1.165) is 11.1 Å². The molecule has 3 nitrogen and oxygen atoms in total. The Hall–Kier alpha value is -2.68. The predicted octanol–water partition coefficient (Wildman–Crippen LogP) is 3.36. The third-order valence-electron chi connectivity index (χ3n) is 2.58. The Morgan fingerprint density at radius 3 is 2.37 bits per heavy atom. The highest BCUT2D eigenvalue weighted by Gasteiger charge is 2.01. The molecule has 0 atom stereocenters. The van der Waals surface area contributed by atoms with Gasteiger partial charge < -0.3 is 4.74 Å². The highest BCUT2D eigenvalue weighted by Crippen LogP contribution is 2.11. The number of rotatable bonds is 4. The van der Waals surface area contributed by atoms with E-state index in [4.69, 9.17) is 5.41 Å². The summed E-state index contributed by atoms with van der Waals surface area (Å²) >= 11 is 0. The van der Waals surface area contributed by atoms with Crippen LogP contribution in [0.2, 0.25) is 0 Å². The van der Waals surface area contributed by atoms with E-state index in [-0.39, 0.29) is 12.4 Å². The first-order valence-electron chi connectivity index (χ1n) is 5.82. The van der Waals surface area contributed by atoms with Gasteiger partial charge in [-0.05, 0) is 23.3 Å². The van der Waals surface area contributed by atoms with Crippen molar-refractivity contribution < 1.29 is 9.53 Å². The van der Waals surface area contributed by atoms with Crippen LogP contribution in [-0.2, 0) is 9.53 Å². The smallest absolute Gasteiger partial charge is 0.299 e. The maximum Gasteiger partial charge on any atom is 0.299 e. The molecule has 0 aliphatic rings. The van der Waals surface area contributed by atoms with Crippen molar-refractivity contribution in [1.29, 1.82) is 5.41 Å². The van der Waals surface area contributed by atoms with Gasteiger partial charge in [-0.3, -0.25) is 10.2 Å². The number of carbonyl (C=O) groups excluding carboxylic acids is 1. The van der Waals surface area contributed by atoms with Crippen LogP contribution in [0.4, 0.5) is 0 Å². The standard InChI is InChI=1S/C16H13NO2/c17-16(19-12-18)15-8-4-7-14(11-15)10-9-13-5-2-1-3-6-13/h1-12,17H. The molecule has 19 heavy (non-hydrogen) atoms. The SMILES string of the molecule is N=C(OC=O)c1cccc(C=Cc2ccccc2)c1. The molecule has 0 aromatic heterocycles. The van der Waals surface area contributed by atoms with Crippen LogP contribution in [0.1, 0.15) is 16.7 Å². The van der Waals surface area contributed by atoms with Gasteiger partial charge in [-0.2, -0.15) is 0 Å². The number of hydrogen-bond acceptors (Lipinski definition) is 3. The molecule has 0 unspecified atom stereocenters. The van der Waals surface area contributed by atoms with Gasteiger partial charge in [0.25, 0.3) is 6.47 Å². The number of hydrogen-bond donors (Lipinski definition) is 1. The third-order valence-corrected chi connectivity index (χ3v) is 2.58. The van der Waals surface area contributed by atoms with Crippen LogP contribution in [0.3, 0.4) is 0 Å².